The van der Waals surface area contributed by atoms with Crippen LogP contribution in [0, 0.1) is 23.7 Å². The number of pyridine rings is 1. The largest absolute Gasteiger partial charge is 0.496 e. The number of carboxylic acid groups (broad SMARTS) is 1. The van der Waals surface area contributed by atoms with Crippen LogP contribution in [0.25, 0.3) is 11.3 Å². The fraction of sp³-hybridized carbons (Fsp3) is 0.571. The SMILES string of the molecule is CCN1C2OC2[C@H]2[C@H](C[C@H]1C(C)(C)C)OC1=C(C(=O)CC(C)(C)C1)[C@@H]2c1c(OC)ccc(-c2cccc(C(=O)O)n2)c1C. The van der Waals surface area contributed by atoms with E-state index in [1.165, 1.54) is 6.07 Å². The molecular weight excluding hydrogens is 544 g/mol. The first-order chi connectivity index (χ1) is 20.3. The van der Waals surface area contributed by atoms with Gasteiger partial charge in [-0.1, -0.05) is 47.6 Å². The van der Waals surface area contributed by atoms with Gasteiger partial charge in [-0.05, 0) is 54.1 Å². The number of likely N-dealkylation sites (tertiary alicyclic amines) is 1. The molecule has 3 aliphatic heterocycles. The first-order valence-electron chi connectivity index (χ1n) is 15.5. The number of allylic oxidation sites excluding steroid dienone is 2. The number of ketones is 1. The zero-order valence-electron chi connectivity index (χ0n) is 26.6. The van der Waals surface area contributed by atoms with Crippen molar-refractivity contribution in [3.05, 3.63) is 58.5 Å². The normalized spacial score (nSPS) is 30.0. The number of carbonyl (C=O) groups is 2. The summed E-state index contributed by atoms with van der Waals surface area (Å²) in [4.78, 5) is 32.8. The number of hydrogen-bond acceptors (Lipinski definition) is 7. The first-order valence-corrected chi connectivity index (χ1v) is 15.5. The topological polar surface area (TPSA) is 101 Å². The molecule has 2 fully saturated rings. The smallest absolute Gasteiger partial charge is 0.354 e. The average molecular weight is 589 g/mol. The van der Waals surface area contributed by atoms with Crippen molar-refractivity contribution >= 4 is 11.8 Å². The molecule has 0 bridgehead atoms. The summed E-state index contributed by atoms with van der Waals surface area (Å²) < 4.78 is 19.5. The van der Waals surface area contributed by atoms with Gasteiger partial charge in [-0.3, -0.25) is 9.69 Å². The van der Waals surface area contributed by atoms with Gasteiger partial charge < -0.3 is 19.3 Å². The lowest BCUT2D eigenvalue weighted by atomic mass is 9.64. The Hall–Kier alpha value is -3.23. The average Bonchev–Trinajstić information content (AvgIpc) is 3.71. The molecule has 1 aromatic carbocycles. The van der Waals surface area contributed by atoms with Gasteiger partial charge in [0, 0.05) is 53.8 Å². The number of aromatic nitrogens is 1. The van der Waals surface area contributed by atoms with Gasteiger partial charge in [0.1, 0.15) is 35.6 Å². The quantitative estimate of drug-likeness (QED) is 0.402. The Morgan fingerprint density at radius 3 is 2.58 bits per heavy atom. The number of likely N-dealkylation sites (N-methyl/N-ethyl adjacent to an activating group) is 1. The summed E-state index contributed by atoms with van der Waals surface area (Å²) in [5.41, 5.74) is 3.79. The lowest BCUT2D eigenvalue weighted by Crippen LogP contribution is -2.48. The van der Waals surface area contributed by atoms with Gasteiger partial charge in [0.05, 0.1) is 12.8 Å². The molecule has 1 aliphatic carbocycles. The minimum absolute atomic E-state index is 0.00488. The second kappa shape index (κ2) is 10.4. The molecule has 6 atom stereocenters. The summed E-state index contributed by atoms with van der Waals surface area (Å²) in [6.45, 7) is 16.2. The van der Waals surface area contributed by atoms with E-state index < -0.39 is 5.97 Å². The van der Waals surface area contributed by atoms with E-state index in [1.54, 1.807) is 13.2 Å². The number of nitrogens with zero attached hydrogens (tertiary/aromatic N) is 2. The highest BCUT2D eigenvalue weighted by Gasteiger charge is 2.63. The van der Waals surface area contributed by atoms with Crippen molar-refractivity contribution < 1.29 is 28.9 Å². The maximum absolute atomic E-state index is 14.1. The van der Waals surface area contributed by atoms with Crippen molar-refractivity contribution in [3.63, 3.8) is 0 Å². The number of fused-ring (bicyclic) bond motifs is 3. The van der Waals surface area contributed by atoms with Crippen LogP contribution in [0.5, 0.6) is 5.75 Å². The number of hydrogen-bond donors (Lipinski definition) is 1. The van der Waals surface area contributed by atoms with Gasteiger partial charge in [-0.15, -0.1) is 0 Å². The number of rotatable bonds is 5. The van der Waals surface area contributed by atoms with E-state index in [1.807, 2.05) is 25.1 Å². The van der Waals surface area contributed by atoms with Crippen LogP contribution in [0.15, 0.2) is 41.7 Å². The molecule has 8 nitrogen and oxygen atoms in total. The second-order valence-corrected chi connectivity index (χ2v) is 14.5. The summed E-state index contributed by atoms with van der Waals surface area (Å²) >= 11 is 0. The number of Topliss-reactive ketones (excluding diaryl/α,β-unsaturated/α-hetero) is 1. The van der Waals surface area contributed by atoms with Crippen LogP contribution in [0.2, 0.25) is 0 Å². The Morgan fingerprint density at radius 1 is 1.19 bits per heavy atom. The fourth-order valence-corrected chi connectivity index (χ4v) is 8.04. The van der Waals surface area contributed by atoms with E-state index in [-0.39, 0.29) is 58.6 Å². The zero-order valence-corrected chi connectivity index (χ0v) is 26.6. The van der Waals surface area contributed by atoms with Crippen LogP contribution in [0.4, 0.5) is 0 Å². The van der Waals surface area contributed by atoms with Gasteiger partial charge in [0.15, 0.2) is 5.78 Å². The molecule has 2 unspecified atom stereocenters. The number of carboxylic acids is 1. The Morgan fingerprint density at radius 2 is 1.93 bits per heavy atom. The number of benzene rings is 1. The molecule has 0 amide bonds. The first kappa shape index (κ1) is 29.8. The van der Waals surface area contributed by atoms with E-state index >= 15 is 0 Å². The molecule has 2 aromatic rings. The van der Waals surface area contributed by atoms with Crippen LogP contribution in [0.1, 0.15) is 88.3 Å². The minimum atomic E-state index is -1.07. The molecule has 0 spiro atoms. The Labute approximate surface area is 254 Å². The monoisotopic (exact) mass is 588 g/mol. The molecule has 43 heavy (non-hydrogen) atoms. The maximum Gasteiger partial charge on any atom is 0.354 e. The number of ether oxygens (including phenoxy) is 3. The van der Waals surface area contributed by atoms with Gasteiger partial charge >= 0.3 is 5.97 Å². The van der Waals surface area contributed by atoms with Crippen molar-refractivity contribution in [1.29, 1.82) is 0 Å². The molecule has 8 heteroatoms. The molecule has 4 heterocycles. The van der Waals surface area contributed by atoms with Gasteiger partial charge in [0.25, 0.3) is 0 Å². The lowest BCUT2D eigenvalue weighted by Gasteiger charge is -2.46. The highest BCUT2D eigenvalue weighted by molar-refractivity contribution is 5.99. The van der Waals surface area contributed by atoms with Crippen molar-refractivity contribution in [1.82, 2.24) is 9.88 Å². The summed E-state index contributed by atoms with van der Waals surface area (Å²) in [6, 6.07) is 9.14. The second-order valence-electron chi connectivity index (χ2n) is 14.5. The van der Waals surface area contributed by atoms with Gasteiger partial charge in [-0.25, -0.2) is 9.78 Å². The van der Waals surface area contributed by atoms with Crippen LogP contribution < -0.4 is 4.74 Å². The molecule has 2 saturated heterocycles. The molecule has 0 saturated carbocycles. The van der Waals surface area contributed by atoms with E-state index in [4.69, 9.17) is 14.2 Å². The highest BCUT2D eigenvalue weighted by atomic mass is 16.6. The Bertz CT molecular complexity index is 1500. The lowest BCUT2D eigenvalue weighted by molar-refractivity contribution is -0.121. The standard InChI is InChI=1S/C35H44N2O6/c1-9-37-26(34(3,4)5)15-24-29(31-32(37)43-31)30(28-22(38)16-35(6,7)17-25(28)42-24)27-18(2)19(13-14-23(27)41-8)20-11-10-12-21(36-20)33(39)40/h10-14,24,26,29-32H,9,15-17H2,1-8H3,(H,39,40)/t24-,26-,29-,30-,31?,32?/m0/s1. The van der Waals surface area contributed by atoms with E-state index in [9.17, 15) is 14.7 Å². The maximum atomic E-state index is 14.1. The summed E-state index contributed by atoms with van der Waals surface area (Å²) in [7, 11) is 1.66. The molecule has 1 N–H and O–H groups in total. The van der Waals surface area contributed by atoms with Crippen LogP contribution in [0.3, 0.4) is 0 Å². The van der Waals surface area contributed by atoms with Crippen LogP contribution in [-0.2, 0) is 14.3 Å². The van der Waals surface area contributed by atoms with E-state index in [0.29, 0.717) is 24.3 Å². The summed E-state index contributed by atoms with van der Waals surface area (Å²) in [5.74, 6) is 0.176. The Kier molecular flexibility index (Phi) is 7.24. The molecule has 230 valence electrons. The van der Waals surface area contributed by atoms with Crippen molar-refractivity contribution in [3.8, 4) is 17.0 Å². The number of aromatic carboxylic acids is 1. The van der Waals surface area contributed by atoms with E-state index in [2.05, 4.69) is 51.4 Å². The Balaban J connectivity index is 1.57. The highest BCUT2D eigenvalue weighted by Crippen LogP contribution is 2.59. The molecule has 1 aromatic heterocycles. The number of carbonyl (C=O) groups excluding carboxylic acids is 1. The van der Waals surface area contributed by atoms with Crippen LogP contribution in [-0.4, -0.2) is 64.9 Å². The molecule has 6 rings (SSSR count). The number of epoxide rings is 1. The molecule has 4 aliphatic rings. The third-order valence-corrected chi connectivity index (χ3v) is 9.98. The van der Waals surface area contributed by atoms with Crippen LogP contribution >= 0.6 is 0 Å². The van der Waals surface area contributed by atoms with Crippen molar-refractivity contribution in [2.24, 2.45) is 16.7 Å². The predicted molar refractivity (Wildman–Crippen MR) is 163 cm³/mol. The number of methoxy groups -OCH3 is 1. The van der Waals surface area contributed by atoms with Gasteiger partial charge in [0.2, 0.25) is 0 Å². The van der Waals surface area contributed by atoms with Gasteiger partial charge in [-0.2, -0.15) is 0 Å². The molecular formula is C35H44N2O6. The predicted octanol–water partition coefficient (Wildman–Crippen LogP) is 6.37. The third kappa shape index (κ3) is 5.06. The van der Waals surface area contributed by atoms with E-state index in [0.717, 1.165) is 41.0 Å². The fourth-order valence-electron chi connectivity index (χ4n) is 8.04. The summed E-state index contributed by atoms with van der Waals surface area (Å²) in [6.07, 6.45) is 1.74. The van der Waals surface area contributed by atoms with Crippen molar-refractivity contribution in [2.45, 2.75) is 98.1 Å². The minimum Gasteiger partial charge on any atom is -0.496 e. The zero-order chi connectivity index (χ0) is 31.0. The molecule has 0 radical (unpaired) electrons. The third-order valence-electron chi connectivity index (χ3n) is 9.98. The van der Waals surface area contributed by atoms with Crippen molar-refractivity contribution in [2.75, 3.05) is 13.7 Å². The summed E-state index contributed by atoms with van der Waals surface area (Å²) in [5, 5.41) is 9.62.